The molecule has 0 bridgehead atoms. The molecule has 1 fully saturated rings. The lowest BCUT2D eigenvalue weighted by molar-refractivity contribution is -0.122. The predicted molar refractivity (Wildman–Crippen MR) is 108 cm³/mol. The largest absolute Gasteiger partial charge is 0.349 e. The summed E-state index contributed by atoms with van der Waals surface area (Å²) < 4.78 is 28.3. The van der Waals surface area contributed by atoms with Crippen molar-refractivity contribution in [3.63, 3.8) is 0 Å². The number of carbonyl (C=O) groups is 1. The van der Waals surface area contributed by atoms with Gasteiger partial charge in [-0.25, -0.2) is 13.1 Å². The minimum absolute atomic E-state index is 0.0691. The molecule has 152 valence electrons. The van der Waals surface area contributed by atoms with Gasteiger partial charge in [0.2, 0.25) is 15.9 Å². The number of sulfonamides is 1. The van der Waals surface area contributed by atoms with Crippen molar-refractivity contribution in [1.82, 2.24) is 10.0 Å². The summed E-state index contributed by atoms with van der Waals surface area (Å²) in [5.74, 6) is -0.158. The first kappa shape index (κ1) is 21.9. The van der Waals surface area contributed by atoms with Crippen LogP contribution in [0.2, 0.25) is 0 Å². The summed E-state index contributed by atoms with van der Waals surface area (Å²) >= 11 is 0. The third-order valence-electron chi connectivity index (χ3n) is 6.20. The molecule has 0 unspecified atom stereocenters. The second-order valence-electron chi connectivity index (χ2n) is 7.84. The fourth-order valence-corrected chi connectivity index (χ4v) is 5.66. The van der Waals surface area contributed by atoms with Crippen LogP contribution in [0.1, 0.15) is 59.9 Å². The van der Waals surface area contributed by atoms with Gasteiger partial charge in [0.05, 0.1) is 10.4 Å². The van der Waals surface area contributed by atoms with Gasteiger partial charge in [-0.05, 0) is 75.3 Å². The van der Waals surface area contributed by atoms with Crippen molar-refractivity contribution in [1.29, 1.82) is 0 Å². The Hall–Kier alpha value is -1.44. The maximum Gasteiger partial charge on any atom is 0.241 e. The molecule has 6 nitrogen and oxygen atoms in total. The molecule has 1 aliphatic carbocycles. The van der Waals surface area contributed by atoms with Crippen molar-refractivity contribution in [2.45, 2.75) is 77.2 Å². The minimum atomic E-state index is -3.68. The average molecular weight is 396 g/mol. The molecule has 0 aliphatic heterocycles. The van der Waals surface area contributed by atoms with Crippen LogP contribution in [-0.2, 0) is 14.8 Å². The van der Waals surface area contributed by atoms with Crippen LogP contribution in [-0.4, -0.2) is 33.0 Å². The van der Waals surface area contributed by atoms with Crippen LogP contribution >= 0.6 is 0 Å². The fraction of sp³-hybridized carbons (Fsp3) is 0.650. The number of hydrogen-bond acceptors (Lipinski definition) is 4. The van der Waals surface area contributed by atoms with Gasteiger partial charge in [0.1, 0.15) is 0 Å². The molecule has 2 rings (SSSR count). The SMILES string of the molecule is Cc1c(C)c(C)c(S(=O)(=O)NCCC(=O)NC2(CN)CCCC2)c(C)c1C. The molecular weight excluding hydrogens is 362 g/mol. The van der Waals surface area contributed by atoms with Crippen molar-refractivity contribution in [3.8, 4) is 0 Å². The molecule has 1 aliphatic rings. The quantitative estimate of drug-likeness (QED) is 0.659. The van der Waals surface area contributed by atoms with E-state index in [9.17, 15) is 13.2 Å². The molecular formula is C20H33N3O3S. The normalized spacial score (nSPS) is 16.5. The maximum atomic E-state index is 12.9. The summed E-state index contributed by atoms with van der Waals surface area (Å²) in [6.07, 6.45) is 4.01. The van der Waals surface area contributed by atoms with E-state index >= 15 is 0 Å². The van der Waals surface area contributed by atoms with Gasteiger partial charge in [-0.1, -0.05) is 12.8 Å². The standard InChI is InChI=1S/C20H33N3O3S/c1-13-14(2)16(4)19(17(5)15(13)3)27(25,26)22-11-8-18(24)23-20(12-21)9-6-7-10-20/h22H,6-12,21H2,1-5H3,(H,23,24). The van der Waals surface area contributed by atoms with E-state index in [0.717, 1.165) is 53.5 Å². The Balaban J connectivity index is 2.07. The summed E-state index contributed by atoms with van der Waals surface area (Å²) in [7, 11) is -3.68. The minimum Gasteiger partial charge on any atom is -0.349 e. The zero-order chi connectivity index (χ0) is 20.4. The molecule has 4 N–H and O–H groups in total. The van der Waals surface area contributed by atoms with Gasteiger partial charge in [-0.15, -0.1) is 0 Å². The van der Waals surface area contributed by atoms with Crippen LogP contribution in [0.4, 0.5) is 0 Å². The van der Waals surface area contributed by atoms with Crippen molar-refractivity contribution < 1.29 is 13.2 Å². The van der Waals surface area contributed by atoms with Gasteiger partial charge in [-0.3, -0.25) is 4.79 Å². The molecule has 0 spiro atoms. The molecule has 0 heterocycles. The summed E-state index contributed by atoms with van der Waals surface area (Å²) in [6.45, 7) is 10.1. The average Bonchev–Trinajstić information content (AvgIpc) is 3.07. The number of carbonyl (C=O) groups excluding carboxylic acids is 1. The lowest BCUT2D eigenvalue weighted by Gasteiger charge is -2.28. The van der Waals surface area contributed by atoms with E-state index in [4.69, 9.17) is 5.73 Å². The molecule has 0 aromatic heterocycles. The summed E-state index contributed by atoms with van der Waals surface area (Å²) in [5, 5.41) is 3.02. The van der Waals surface area contributed by atoms with Crippen LogP contribution in [0.25, 0.3) is 0 Å². The Morgan fingerprint density at radius 1 is 0.963 bits per heavy atom. The molecule has 0 radical (unpaired) electrons. The maximum absolute atomic E-state index is 12.9. The van der Waals surface area contributed by atoms with Crippen LogP contribution < -0.4 is 15.8 Å². The smallest absolute Gasteiger partial charge is 0.241 e. The third-order valence-corrected chi connectivity index (χ3v) is 7.93. The van der Waals surface area contributed by atoms with E-state index in [0.29, 0.717) is 11.4 Å². The molecule has 1 amide bonds. The first-order chi connectivity index (χ1) is 12.5. The lowest BCUT2D eigenvalue weighted by atomic mass is 9.95. The first-order valence-corrected chi connectivity index (χ1v) is 11.1. The Kier molecular flexibility index (Phi) is 6.71. The predicted octanol–water partition coefficient (Wildman–Crippen LogP) is 2.28. The molecule has 1 saturated carbocycles. The lowest BCUT2D eigenvalue weighted by Crippen LogP contribution is -2.52. The number of nitrogens with one attached hydrogen (secondary N) is 2. The van der Waals surface area contributed by atoms with Crippen LogP contribution in [0.3, 0.4) is 0 Å². The highest BCUT2D eigenvalue weighted by molar-refractivity contribution is 7.89. The van der Waals surface area contributed by atoms with E-state index in [1.165, 1.54) is 0 Å². The van der Waals surface area contributed by atoms with Gasteiger partial charge in [0.25, 0.3) is 0 Å². The van der Waals surface area contributed by atoms with Crippen molar-refractivity contribution >= 4 is 15.9 Å². The van der Waals surface area contributed by atoms with E-state index in [1.807, 2.05) is 34.6 Å². The fourth-order valence-electron chi connectivity index (χ4n) is 4.03. The molecule has 1 aromatic carbocycles. The zero-order valence-corrected chi connectivity index (χ0v) is 18.0. The molecule has 0 saturated heterocycles. The van der Waals surface area contributed by atoms with Gasteiger partial charge in [0.15, 0.2) is 0 Å². The summed E-state index contributed by atoms with van der Waals surface area (Å²) in [4.78, 5) is 12.6. The van der Waals surface area contributed by atoms with Crippen LogP contribution in [0.5, 0.6) is 0 Å². The molecule has 7 heteroatoms. The van der Waals surface area contributed by atoms with Crippen molar-refractivity contribution in [3.05, 3.63) is 27.8 Å². The third kappa shape index (κ3) is 4.52. The summed E-state index contributed by atoms with van der Waals surface area (Å²) in [6, 6.07) is 0. The van der Waals surface area contributed by atoms with Gasteiger partial charge < -0.3 is 11.1 Å². The van der Waals surface area contributed by atoms with Gasteiger partial charge in [-0.2, -0.15) is 0 Å². The number of amides is 1. The van der Waals surface area contributed by atoms with E-state index in [-0.39, 0.29) is 24.4 Å². The second-order valence-corrected chi connectivity index (χ2v) is 9.55. The highest BCUT2D eigenvalue weighted by Gasteiger charge is 2.33. The van der Waals surface area contributed by atoms with Crippen LogP contribution in [0.15, 0.2) is 4.90 Å². The first-order valence-electron chi connectivity index (χ1n) is 9.62. The van der Waals surface area contributed by atoms with E-state index < -0.39 is 10.0 Å². The highest BCUT2D eigenvalue weighted by Crippen LogP contribution is 2.30. The van der Waals surface area contributed by atoms with E-state index in [2.05, 4.69) is 10.0 Å². The molecule has 27 heavy (non-hydrogen) atoms. The second kappa shape index (κ2) is 8.29. The Morgan fingerprint density at radius 2 is 1.44 bits per heavy atom. The van der Waals surface area contributed by atoms with E-state index in [1.54, 1.807) is 0 Å². The van der Waals surface area contributed by atoms with Gasteiger partial charge >= 0.3 is 0 Å². The molecule has 1 aromatic rings. The zero-order valence-electron chi connectivity index (χ0n) is 17.2. The Labute approximate surface area is 163 Å². The number of benzene rings is 1. The highest BCUT2D eigenvalue weighted by atomic mass is 32.2. The Bertz CT molecular complexity index is 796. The Morgan fingerprint density at radius 3 is 1.93 bits per heavy atom. The monoisotopic (exact) mass is 395 g/mol. The topological polar surface area (TPSA) is 101 Å². The number of nitrogens with two attached hydrogens (primary N) is 1. The number of hydrogen-bond donors (Lipinski definition) is 3. The van der Waals surface area contributed by atoms with Gasteiger partial charge in [0, 0.05) is 19.5 Å². The summed E-state index contributed by atoms with van der Waals surface area (Å²) in [5.41, 5.74) is 10.2. The van der Waals surface area contributed by atoms with Crippen molar-refractivity contribution in [2.24, 2.45) is 5.73 Å². The van der Waals surface area contributed by atoms with Crippen molar-refractivity contribution in [2.75, 3.05) is 13.1 Å². The number of rotatable bonds is 7. The van der Waals surface area contributed by atoms with Crippen LogP contribution in [0, 0.1) is 34.6 Å². The molecule has 0 atom stereocenters.